The van der Waals surface area contributed by atoms with Gasteiger partial charge in [-0.3, -0.25) is 15.5 Å². The van der Waals surface area contributed by atoms with E-state index in [0.717, 1.165) is 5.75 Å². The monoisotopic (exact) mass is 351 g/mol. The molecule has 0 fully saturated rings. The fourth-order valence-corrected chi connectivity index (χ4v) is 2.44. The van der Waals surface area contributed by atoms with Gasteiger partial charge in [-0.2, -0.15) is 0 Å². The van der Waals surface area contributed by atoms with Crippen molar-refractivity contribution in [3.63, 3.8) is 0 Å². The van der Waals surface area contributed by atoms with Gasteiger partial charge in [-0.25, -0.2) is 4.68 Å². The van der Waals surface area contributed by atoms with Crippen molar-refractivity contribution in [2.75, 3.05) is 18.3 Å². The first-order valence-corrected chi connectivity index (χ1v) is 8.49. The summed E-state index contributed by atoms with van der Waals surface area (Å²) in [4.78, 5) is 12.2. The second-order valence-corrected chi connectivity index (χ2v) is 5.60. The summed E-state index contributed by atoms with van der Waals surface area (Å²) in [5.41, 5.74) is 3.38. The highest BCUT2D eigenvalue weighted by atomic mass is 32.2. The minimum absolute atomic E-state index is 0.169. The Bertz CT molecular complexity index is 700. The molecule has 0 atom stereocenters. The minimum atomic E-state index is -0.304. The average Bonchev–Trinajstić information content (AvgIpc) is 2.88. The number of hydrogen-bond donors (Lipinski definition) is 2. The number of rotatable bonds is 5. The summed E-state index contributed by atoms with van der Waals surface area (Å²) in [5.74, 6) is 1.06. The number of nitrogens with zero attached hydrogens (tertiary/aromatic N) is 3. The van der Waals surface area contributed by atoms with E-state index in [1.165, 1.54) is 11.8 Å². The molecule has 2 N–H and O–H groups in total. The standard InChI is InChI=1S/C14H17N5O2S2/c1-4-21-11-7-5-10(6-8-11)12(20)15-13(22)18-19-9(2)16-17-14(19)23-3/h5-8H,4H2,1-3H3,(H2,15,18,20,22). The number of benzene rings is 1. The largest absolute Gasteiger partial charge is 0.494 e. The van der Waals surface area contributed by atoms with E-state index in [4.69, 9.17) is 17.0 Å². The first-order valence-electron chi connectivity index (χ1n) is 6.86. The number of amides is 1. The Labute approximate surface area is 143 Å². The molecule has 2 aromatic rings. The molecule has 2 rings (SSSR count). The molecule has 0 saturated heterocycles. The molecule has 0 aliphatic carbocycles. The molecule has 7 nitrogen and oxygen atoms in total. The number of carbonyl (C=O) groups is 1. The van der Waals surface area contributed by atoms with Crippen molar-refractivity contribution < 1.29 is 9.53 Å². The number of hydrogen-bond acceptors (Lipinski definition) is 6. The summed E-state index contributed by atoms with van der Waals surface area (Å²) in [6.07, 6.45) is 1.88. The van der Waals surface area contributed by atoms with Crippen LogP contribution in [0.5, 0.6) is 5.75 Å². The van der Waals surface area contributed by atoms with Crippen LogP contribution < -0.4 is 15.5 Å². The molecule has 0 bridgehead atoms. The summed E-state index contributed by atoms with van der Waals surface area (Å²) in [6, 6.07) is 6.84. The fourth-order valence-electron chi connectivity index (χ4n) is 1.78. The highest BCUT2D eigenvalue weighted by Crippen LogP contribution is 2.12. The van der Waals surface area contributed by atoms with E-state index in [2.05, 4.69) is 20.9 Å². The first kappa shape index (κ1) is 17.2. The predicted octanol–water partition coefficient (Wildman–Crippen LogP) is 1.97. The van der Waals surface area contributed by atoms with Gasteiger partial charge in [0.1, 0.15) is 11.6 Å². The molecule has 1 heterocycles. The van der Waals surface area contributed by atoms with Crippen LogP contribution in [0.15, 0.2) is 29.4 Å². The topological polar surface area (TPSA) is 81.1 Å². The van der Waals surface area contributed by atoms with Gasteiger partial charge in [-0.1, -0.05) is 11.8 Å². The highest BCUT2D eigenvalue weighted by Gasteiger charge is 2.12. The van der Waals surface area contributed by atoms with Gasteiger partial charge in [-0.05, 0) is 56.6 Å². The van der Waals surface area contributed by atoms with Crippen LogP contribution >= 0.6 is 24.0 Å². The molecule has 122 valence electrons. The van der Waals surface area contributed by atoms with Crippen molar-refractivity contribution in [3.05, 3.63) is 35.7 Å². The van der Waals surface area contributed by atoms with Crippen molar-refractivity contribution in [1.82, 2.24) is 20.2 Å². The van der Waals surface area contributed by atoms with E-state index >= 15 is 0 Å². The van der Waals surface area contributed by atoms with Gasteiger partial charge in [0.2, 0.25) is 5.16 Å². The molecule has 0 spiro atoms. The number of aryl methyl sites for hydroxylation is 1. The van der Waals surface area contributed by atoms with E-state index in [1.54, 1.807) is 35.9 Å². The van der Waals surface area contributed by atoms with Gasteiger partial charge in [0.05, 0.1) is 6.61 Å². The lowest BCUT2D eigenvalue weighted by Gasteiger charge is -2.12. The van der Waals surface area contributed by atoms with Crippen LogP contribution in [-0.4, -0.2) is 38.8 Å². The molecule has 23 heavy (non-hydrogen) atoms. The molecular weight excluding hydrogens is 334 g/mol. The maximum atomic E-state index is 12.2. The molecule has 1 amide bonds. The van der Waals surface area contributed by atoms with E-state index in [-0.39, 0.29) is 11.0 Å². The Hall–Kier alpha value is -2.13. The summed E-state index contributed by atoms with van der Waals surface area (Å²) in [5, 5.41) is 11.4. The maximum absolute atomic E-state index is 12.2. The molecule has 0 unspecified atom stereocenters. The molecular formula is C14H17N5O2S2. The summed E-state index contributed by atoms with van der Waals surface area (Å²) in [7, 11) is 0. The van der Waals surface area contributed by atoms with Crippen LogP contribution in [0.2, 0.25) is 0 Å². The number of carbonyl (C=O) groups excluding carboxylic acids is 1. The van der Waals surface area contributed by atoms with E-state index < -0.39 is 0 Å². The minimum Gasteiger partial charge on any atom is -0.494 e. The lowest BCUT2D eigenvalue weighted by Crippen LogP contribution is -2.38. The van der Waals surface area contributed by atoms with Crippen LogP contribution in [0.3, 0.4) is 0 Å². The van der Waals surface area contributed by atoms with E-state index in [0.29, 0.717) is 23.2 Å². The van der Waals surface area contributed by atoms with Crippen LogP contribution in [-0.2, 0) is 0 Å². The summed E-state index contributed by atoms with van der Waals surface area (Å²) < 4.78 is 6.96. The Morgan fingerprint density at radius 2 is 2.04 bits per heavy atom. The van der Waals surface area contributed by atoms with Crippen LogP contribution in [0.1, 0.15) is 23.1 Å². The third kappa shape index (κ3) is 4.42. The highest BCUT2D eigenvalue weighted by molar-refractivity contribution is 7.98. The Morgan fingerprint density at radius 3 is 2.65 bits per heavy atom. The lowest BCUT2D eigenvalue weighted by molar-refractivity contribution is 0.0977. The Balaban J connectivity index is 1.99. The smallest absolute Gasteiger partial charge is 0.257 e. The van der Waals surface area contributed by atoms with Gasteiger partial charge in [0, 0.05) is 5.56 Å². The van der Waals surface area contributed by atoms with Gasteiger partial charge in [-0.15, -0.1) is 10.2 Å². The normalized spacial score (nSPS) is 10.2. The SMILES string of the molecule is CCOc1ccc(C(=O)NC(=S)Nn2c(C)nnc2SC)cc1. The second-order valence-electron chi connectivity index (χ2n) is 4.42. The molecule has 0 aliphatic heterocycles. The number of nitrogens with one attached hydrogen (secondary N) is 2. The van der Waals surface area contributed by atoms with Crippen molar-refractivity contribution in [2.45, 2.75) is 19.0 Å². The third-order valence-corrected chi connectivity index (χ3v) is 3.67. The van der Waals surface area contributed by atoms with Crippen LogP contribution in [0, 0.1) is 6.92 Å². The molecule has 0 saturated carbocycles. The fraction of sp³-hybridized carbons (Fsp3) is 0.286. The Morgan fingerprint density at radius 1 is 1.35 bits per heavy atom. The van der Waals surface area contributed by atoms with Crippen molar-refractivity contribution in [2.24, 2.45) is 0 Å². The summed E-state index contributed by atoms with van der Waals surface area (Å²) >= 11 is 6.58. The predicted molar refractivity (Wildman–Crippen MR) is 93.6 cm³/mol. The zero-order chi connectivity index (χ0) is 16.8. The van der Waals surface area contributed by atoms with Crippen LogP contribution in [0.4, 0.5) is 0 Å². The first-order chi connectivity index (χ1) is 11.0. The van der Waals surface area contributed by atoms with Gasteiger partial charge >= 0.3 is 0 Å². The van der Waals surface area contributed by atoms with Gasteiger partial charge in [0.15, 0.2) is 5.11 Å². The number of ether oxygens (including phenoxy) is 1. The van der Waals surface area contributed by atoms with Gasteiger partial charge < -0.3 is 4.74 Å². The molecule has 9 heteroatoms. The Kier molecular flexibility index (Phi) is 5.94. The molecule has 0 aliphatic rings. The van der Waals surface area contributed by atoms with Crippen LogP contribution in [0.25, 0.3) is 0 Å². The molecule has 1 aromatic carbocycles. The molecule has 0 radical (unpaired) electrons. The van der Waals surface area contributed by atoms with Crippen molar-refractivity contribution in [3.8, 4) is 5.75 Å². The lowest BCUT2D eigenvalue weighted by atomic mass is 10.2. The second kappa shape index (κ2) is 7.93. The van der Waals surface area contributed by atoms with E-state index in [1.807, 2.05) is 13.2 Å². The zero-order valence-corrected chi connectivity index (χ0v) is 14.6. The summed E-state index contributed by atoms with van der Waals surface area (Å²) in [6.45, 7) is 4.27. The maximum Gasteiger partial charge on any atom is 0.257 e. The van der Waals surface area contributed by atoms with Crippen molar-refractivity contribution >= 4 is 35.0 Å². The number of thioether (sulfide) groups is 1. The molecule has 1 aromatic heterocycles. The van der Waals surface area contributed by atoms with Gasteiger partial charge in [0.25, 0.3) is 5.91 Å². The quantitative estimate of drug-likeness (QED) is 0.629. The number of thiocarbonyl (C=S) groups is 1. The third-order valence-electron chi connectivity index (χ3n) is 2.85. The number of aromatic nitrogens is 3. The van der Waals surface area contributed by atoms with E-state index in [9.17, 15) is 4.79 Å². The average molecular weight is 351 g/mol. The van der Waals surface area contributed by atoms with Crippen molar-refractivity contribution in [1.29, 1.82) is 0 Å². The zero-order valence-electron chi connectivity index (χ0n) is 13.0.